The Morgan fingerprint density at radius 3 is 2.71 bits per heavy atom. The molecule has 124 valence electrons. The van der Waals surface area contributed by atoms with Crippen LogP contribution in [0, 0.1) is 0 Å². The van der Waals surface area contributed by atoms with E-state index < -0.39 is 0 Å². The van der Waals surface area contributed by atoms with Gasteiger partial charge < -0.3 is 4.90 Å². The molecule has 0 saturated heterocycles. The van der Waals surface area contributed by atoms with Gasteiger partial charge >= 0.3 is 0 Å². The van der Waals surface area contributed by atoms with Crippen LogP contribution in [0.15, 0.2) is 48.8 Å². The van der Waals surface area contributed by atoms with Crippen molar-refractivity contribution >= 4 is 27.5 Å². The van der Waals surface area contributed by atoms with Crippen LogP contribution in [0.5, 0.6) is 0 Å². The summed E-state index contributed by atoms with van der Waals surface area (Å²) >= 11 is 1.75. The summed E-state index contributed by atoms with van der Waals surface area (Å²) in [6, 6.07) is 12.1. The van der Waals surface area contributed by atoms with Gasteiger partial charge in [0, 0.05) is 32.4 Å². The average molecular weight is 339 g/mol. The predicted octanol–water partition coefficient (Wildman–Crippen LogP) is 4.06. The van der Waals surface area contributed by atoms with Crippen molar-refractivity contribution in [3.8, 4) is 0 Å². The van der Waals surface area contributed by atoms with Crippen molar-refractivity contribution < 1.29 is 4.79 Å². The molecule has 2 heterocycles. The van der Waals surface area contributed by atoms with Gasteiger partial charge in [-0.25, -0.2) is 4.98 Å². The number of amides is 1. The molecule has 0 atom stereocenters. The summed E-state index contributed by atoms with van der Waals surface area (Å²) < 4.78 is 1.24. The van der Waals surface area contributed by atoms with Crippen LogP contribution in [0.4, 0.5) is 0 Å². The van der Waals surface area contributed by atoms with Gasteiger partial charge in [0.15, 0.2) is 0 Å². The molecule has 0 fully saturated rings. The molecule has 0 aliphatic carbocycles. The highest BCUT2D eigenvalue weighted by Gasteiger charge is 2.09. The summed E-state index contributed by atoms with van der Waals surface area (Å²) in [7, 11) is 1.86. The van der Waals surface area contributed by atoms with Gasteiger partial charge in [-0.3, -0.25) is 9.78 Å². The highest BCUT2D eigenvalue weighted by atomic mass is 32.1. The van der Waals surface area contributed by atoms with Gasteiger partial charge in [-0.05, 0) is 49.1 Å². The molecule has 4 nitrogen and oxygen atoms in total. The van der Waals surface area contributed by atoms with Gasteiger partial charge in [0.25, 0.3) is 0 Å². The van der Waals surface area contributed by atoms with E-state index >= 15 is 0 Å². The SMILES string of the molecule is CN(Cc1ccncc1)C(=O)CCCCc1nc2ccccc2s1. The smallest absolute Gasteiger partial charge is 0.222 e. The van der Waals surface area contributed by atoms with Crippen molar-refractivity contribution in [1.82, 2.24) is 14.9 Å². The monoisotopic (exact) mass is 339 g/mol. The van der Waals surface area contributed by atoms with Crippen LogP contribution in [-0.4, -0.2) is 27.8 Å². The van der Waals surface area contributed by atoms with Crippen molar-refractivity contribution in [3.63, 3.8) is 0 Å². The van der Waals surface area contributed by atoms with E-state index in [0.717, 1.165) is 35.4 Å². The molecule has 0 saturated carbocycles. The molecule has 1 amide bonds. The minimum absolute atomic E-state index is 0.191. The molecule has 0 radical (unpaired) electrons. The number of nitrogens with zero attached hydrogens (tertiary/aromatic N) is 3. The fourth-order valence-corrected chi connectivity index (χ4v) is 3.63. The minimum atomic E-state index is 0.191. The molecule has 0 aliphatic rings. The number of rotatable bonds is 7. The Hall–Kier alpha value is -2.27. The number of carbonyl (C=O) groups excluding carboxylic acids is 1. The highest BCUT2D eigenvalue weighted by molar-refractivity contribution is 7.18. The number of aryl methyl sites for hydroxylation is 1. The van der Waals surface area contributed by atoms with Gasteiger partial charge in [-0.2, -0.15) is 0 Å². The first-order valence-electron chi connectivity index (χ1n) is 8.20. The topological polar surface area (TPSA) is 46.1 Å². The number of fused-ring (bicyclic) bond motifs is 1. The van der Waals surface area contributed by atoms with Gasteiger partial charge in [-0.15, -0.1) is 11.3 Å². The van der Waals surface area contributed by atoms with Crippen LogP contribution in [0.1, 0.15) is 29.8 Å². The third kappa shape index (κ3) is 4.38. The van der Waals surface area contributed by atoms with Crippen LogP contribution in [-0.2, 0) is 17.8 Å². The molecular formula is C19H21N3OS. The summed E-state index contributed by atoms with van der Waals surface area (Å²) in [4.78, 5) is 22.6. The second-order valence-corrected chi connectivity index (χ2v) is 7.00. The van der Waals surface area contributed by atoms with Crippen molar-refractivity contribution in [1.29, 1.82) is 0 Å². The summed E-state index contributed by atoms with van der Waals surface area (Å²) in [5, 5.41) is 1.16. The molecule has 0 spiro atoms. The van der Waals surface area contributed by atoms with Crippen LogP contribution in [0.25, 0.3) is 10.2 Å². The zero-order valence-electron chi connectivity index (χ0n) is 13.8. The summed E-state index contributed by atoms with van der Waals surface area (Å²) in [5.41, 5.74) is 2.18. The predicted molar refractivity (Wildman–Crippen MR) is 97.9 cm³/mol. The largest absolute Gasteiger partial charge is 0.341 e. The molecule has 3 rings (SSSR count). The maximum Gasteiger partial charge on any atom is 0.222 e. The molecule has 0 bridgehead atoms. The van der Waals surface area contributed by atoms with E-state index in [9.17, 15) is 4.79 Å². The molecule has 24 heavy (non-hydrogen) atoms. The fraction of sp³-hybridized carbons (Fsp3) is 0.316. The van der Waals surface area contributed by atoms with Crippen molar-refractivity contribution in [2.24, 2.45) is 0 Å². The maximum atomic E-state index is 12.2. The van der Waals surface area contributed by atoms with Crippen molar-refractivity contribution in [3.05, 3.63) is 59.4 Å². The first-order valence-corrected chi connectivity index (χ1v) is 9.01. The van der Waals surface area contributed by atoms with Gasteiger partial charge in [0.1, 0.15) is 0 Å². The number of carbonyl (C=O) groups is 1. The number of benzene rings is 1. The van der Waals surface area contributed by atoms with E-state index in [-0.39, 0.29) is 5.91 Å². The van der Waals surface area contributed by atoms with E-state index in [0.29, 0.717) is 13.0 Å². The van der Waals surface area contributed by atoms with E-state index in [2.05, 4.69) is 16.0 Å². The zero-order valence-corrected chi connectivity index (χ0v) is 14.6. The Morgan fingerprint density at radius 2 is 1.92 bits per heavy atom. The normalized spacial score (nSPS) is 10.9. The molecule has 0 aliphatic heterocycles. The van der Waals surface area contributed by atoms with Crippen LogP contribution in [0.3, 0.4) is 0 Å². The Labute approximate surface area is 146 Å². The van der Waals surface area contributed by atoms with E-state index in [1.165, 1.54) is 4.70 Å². The fourth-order valence-electron chi connectivity index (χ4n) is 2.62. The van der Waals surface area contributed by atoms with Crippen LogP contribution in [0.2, 0.25) is 0 Å². The number of hydrogen-bond acceptors (Lipinski definition) is 4. The second-order valence-electron chi connectivity index (χ2n) is 5.89. The first-order chi connectivity index (χ1) is 11.7. The molecule has 0 N–H and O–H groups in total. The molecule has 1 aromatic carbocycles. The van der Waals surface area contributed by atoms with E-state index in [1.54, 1.807) is 28.6 Å². The summed E-state index contributed by atoms with van der Waals surface area (Å²) in [6.07, 6.45) is 6.94. The number of para-hydroxylation sites is 1. The summed E-state index contributed by atoms with van der Waals surface area (Å²) in [5.74, 6) is 0.191. The van der Waals surface area contributed by atoms with E-state index in [1.807, 2.05) is 37.4 Å². The van der Waals surface area contributed by atoms with Gasteiger partial charge in [0.05, 0.1) is 15.2 Å². The van der Waals surface area contributed by atoms with Gasteiger partial charge in [0.2, 0.25) is 5.91 Å². The first kappa shape index (κ1) is 16.6. The number of thiazole rings is 1. The lowest BCUT2D eigenvalue weighted by Crippen LogP contribution is -2.25. The number of hydrogen-bond donors (Lipinski definition) is 0. The van der Waals surface area contributed by atoms with Crippen molar-refractivity contribution in [2.75, 3.05) is 7.05 Å². The molecular weight excluding hydrogens is 318 g/mol. The van der Waals surface area contributed by atoms with E-state index in [4.69, 9.17) is 0 Å². The number of unbranched alkanes of at least 4 members (excludes halogenated alkanes) is 1. The summed E-state index contributed by atoms with van der Waals surface area (Å²) in [6.45, 7) is 0.638. The minimum Gasteiger partial charge on any atom is -0.341 e. The standard InChI is InChI=1S/C19H21N3OS/c1-22(14-15-10-12-20-13-11-15)19(23)9-5-4-8-18-21-16-6-2-3-7-17(16)24-18/h2-3,6-7,10-13H,4-5,8-9,14H2,1H3. The highest BCUT2D eigenvalue weighted by Crippen LogP contribution is 2.22. The molecule has 5 heteroatoms. The number of aromatic nitrogens is 2. The van der Waals surface area contributed by atoms with Crippen molar-refractivity contribution in [2.45, 2.75) is 32.2 Å². The Balaban J connectivity index is 1.41. The Morgan fingerprint density at radius 1 is 1.12 bits per heavy atom. The Bertz CT molecular complexity index is 767. The lowest BCUT2D eigenvalue weighted by Gasteiger charge is -2.17. The third-order valence-electron chi connectivity index (χ3n) is 3.96. The van der Waals surface area contributed by atoms with Gasteiger partial charge in [-0.1, -0.05) is 12.1 Å². The Kier molecular flexibility index (Phi) is 5.54. The number of pyridine rings is 1. The maximum absolute atomic E-state index is 12.2. The molecule has 0 unspecified atom stereocenters. The molecule has 3 aromatic rings. The molecule has 2 aromatic heterocycles. The lowest BCUT2D eigenvalue weighted by molar-refractivity contribution is -0.130. The second kappa shape index (κ2) is 8.02. The quantitative estimate of drug-likeness (QED) is 0.610. The zero-order chi connectivity index (χ0) is 16.8. The van der Waals surface area contributed by atoms with Crippen LogP contribution >= 0.6 is 11.3 Å². The average Bonchev–Trinajstić information content (AvgIpc) is 3.02. The lowest BCUT2D eigenvalue weighted by atomic mass is 10.1. The third-order valence-corrected chi connectivity index (χ3v) is 5.06. The van der Waals surface area contributed by atoms with Crippen LogP contribution < -0.4 is 0 Å².